The van der Waals surface area contributed by atoms with Gasteiger partial charge in [-0.3, -0.25) is 14.6 Å². The number of hydrogen-bond donors (Lipinski definition) is 2. The highest BCUT2D eigenvalue weighted by Gasteiger charge is 2.19. The number of tetrazole rings is 1. The zero-order chi connectivity index (χ0) is 20.9. The Morgan fingerprint density at radius 3 is 2.53 bits per heavy atom. The molecule has 0 bridgehead atoms. The van der Waals surface area contributed by atoms with Gasteiger partial charge in [0.2, 0.25) is 11.6 Å². The molecule has 0 unspecified atom stereocenters. The first kappa shape index (κ1) is 18.9. The summed E-state index contributed by atoms with van der Waals surface area (Å²) >= 11 is 0. The molecule has 0 saturated carbocycles. The van der Waals surface area contributed by atoms with Crippen molar-refractivity contribution >= 4 is 17.3 Å². The second-order valence-corrected chi connectivity index (χ2v) is 6.42. The number of hydrogen-bond acceptors (Lipinski definition) is 7. The van der Waals surface area contributed by atoms with Crippen LogP contribution in [0.2, 0.25) is 0 Å². The molecule has 4 aromatic rings. The summed E-state index contributed by atoms with van der Waals surface area (Å²) in [5.41, 5.74) is 2.04. The van der Waals surface area contributed by atoms with Gasteiger partial charge < -0.3 is 9.67 Å². The van der Waals surface area contributed by atoms with Crippen molar-refractivity contribution in [2.75, 3.05) is 0 Å². The number of benzene rings is 1. The smallest absolute Gasteiger partial charge is 0.239 e. The van der Waals surface area contributed by atoms with E-state index in [1.807, 2.05) is 18.2 Å². The lowest BCUT2D eigenvalue weighted by Gasteiger charge is -2.08. The summed E-state index contributed by atoms with van der Waals surface area (Å²) < 4.78 is 1.71. The van der Waals surface area contributed by atoms with Crippen LogP contribution in [-0.4, -0.2) is 46.8 Å². The molecule has 9 nitrogen and oxygen atoms in total. The van der Waals surface area contributed by atoms with Gasteiger partial charge in [0.05, 0.1) is 5.69 Å². The number of allylic oxidation sites excluding steroid dienone is 1. The van der Waals surface area contributed by atoms with Crippen LogP contribution in [0.25, 0.3) is 5.76 Å². The number of H-pyrrole nitrogens is 1. The van der Waals surface area contributed by atoms with Crippen LogP contribution in [0.3, 0.4) is 0 Å². The van der Waals surface area contributed by atoms with Crippen molar-refractivity contribution in [2.45, 2.75) is 6.54 Å². The van der Waals surface area contributed by atoms with E-state index in [1.54, 1.807) is 47.4 Å². The van der Waals surface area contributed by atoms with Crippen LogP contribution in [0.5, 0.6) is 0 Å². The van der Waals surface area contributed by atoms with E-state index >= 15 is 0 Å². The SMILES string of the molecule is O=C(C=C(O)c1nn[nH]n1)c1cc(C(=O)c2ccccc2)n(Cc2ccncc2)c1. The Hall–Kier alpha value is -4.40. The lowest BCUT2D eigenvalue weighted by Crippen LogP contribution is -2.10. The van der Waals surface area contributed by atoms with E-state index in [4.69, 9.17) is 0 Å². The summed E-state index contributed by atoms with van der Waals surface area (Å²) in [7, 11) is 0. The Balaban J connectivity index is 1.71. The fraction of sp³-hybridized carbons (Fsp3) is 0.0476. The van der Waals surface area contributed by atoms with Gasteiger partial charge in [-0.25, -0.2) is 0 Å². The van der Waals surface area contributed by atoms with Gasteiger partial charge in [0.1, 0.15) is 0 Å². The van der Waals surface area contributed by atoms with E-state index in [2.05, 4.69) is 25.6 Å². The molecule has 0 amide bonds. The van der Waals surface area contributed by atoms with Gasteiger partial charge in [0.15, 0.2) is 11.5 Å². The first-order valence-electron chi connectivity index (χ1n) is 8.99. The van der Waals surface area contributed by atoms with Crippen molar-refractivity contribution in [3.63, 3.8) is 0 Å². The number of aliphatic hydroxyl groups is 1. The molecule has 0 fully saturated rings. The predicted octanol–water partition coefficient (Wildman–Crippen LogP) is 2.46. The van der Waals surface area contributed by atoms with E-state index in [1.165, 1.54) is 6.07 Å². The standard InChI is InChI=1S/C21H16N6O3/c28-18(11-19(29)21-23-25-26-24-21)16-10-17(20(30)15-4-2-1-3-5-15)27(13-16)12-14-6-8-22-9-7-14/h1-11,13,29H,12H2,(H,23,24,25,26). The van der Waals surface area contributed by atoms with E-state index in [0.29, 0.717) is 17.8 Å². The number of pyridine rings is 1. The van der Waals surface area contributed by atoms with E-state index in [0.717, 1.165) is 11.6 Å². The van der Waals surface area contributed by atoms with Gasteiger partial charge in [0, 0.05) is 42.3 Å². The normalized spacial score (nSPS) is 11.4. The molecule has 0 spiro atoms. The minimum absolute atomic E-state index is 0.0971. The number of nitrogens with one attached hydrogen (secondary N) is 1. The van der Waals surface area contributed by atoms with Gasteiger partial charge in [-0.15, -0.1) is 10.2 Å². The summed E-state index contributed by atoms with van der Waals surface area (Å²) in [6.07, 6.45) is 5.90. The molecule has 3 aromatic heterocycles. The molecule has 0 radical (unpaired) electrons. The van der Waals surface area contributed by atoms with Gasteiger partial charge in [-0.05, 0) is 29.0 Å². The number of nitrogens with zero attached hydrogens (tertiary/aromatic N) is 5. The number of carbonyl (C=O) groups excluding carboxylic acids is 2. The molecule has 0 aliphatic heterocycles. The van der Waals surface area contributed by atoms with Crippen molar-refractivity contribution in [3.8, 4) is 0 Å². The van der Waals surface area contributed by atoms with Crippen LogP contribution in [0.15, 0.2) is 73.2 Å². The number of aromatic amines is 1. The zero-order valence-electron chi connectivity index (χ0n) is 15.6. The van der Waals surface area contributed by atoms with Crippen molar-refractivity contribution in [3.05, 3.63) is 101 Å². The maximum absolute atomic E-state index is 13.1. The summed E-state index contributed by atoms with van der Waals surface area (Å²) in [4.78, 5) is 29.7. The summed E-state index contributed by atoms with van der Waals surface area (Å²) in [6.45, 7) is 0.379. The Morgan fingerprint density at radius 2 is 1.83 bits per heavy atom. The molecule has 148 valence electrons. The maximum atomic E-state index is 13.1. The van der Waals surface area contributed by atoms with Crippen LogP contribution < -0.4 is 0 Å². The minimum Gasteiger partial charge on any atom is -0.504 e. The second-order valence-electron chi connectivity index (χ2n) is 6.42. The second kappa shape index (κ2) is 8.31. The molecule has 0 saturated heterocycles. The number of aromatic nitrogens is 6. The number of aliphatic hydroxyl groups excluding tert-OH is 1. The molecule has 0 atom stereocenters. The van der Waals surface area contributed by atoms with Crippen LogP contribution in [0.4, 0.5) is 0 Å². The highest BCUT2D eigenvalue weighted by atomic mass is 16.3. The maximum Gasteiger partial charge on any atom is 0.239 e. The van der Waals surface area contributed by atoms with Crippen molar-refractivity contribution < 1.29 is 14.7 Å². The van der Waals surface area contributed by atoms with Gasteiger partial charge in [-0.1, -0.05) is 30.3 Å². The highest BCUT2D eigenvalue weighted by molar-refractivity contribution is 6.12. The summed E-state index contributed by atoms with van der Waals surface area (Å²) in [5.74, 6) is -1.23. The quantitative estimate of drug-likeness (QED) is 0.277. The Morgan fingerprint density at radius 1 is 1.07 bits per heavy atom. The third kappa shape index (κ3) is 4.04. The fourth-order valence-corrected chi connectivity index (χ4v) is 2.93. The van der Waals surface area contributed by atoms with Crippen LogP contribution in [-0.2, 0) is 6.54 Å². The number of carbonyl (C=O) groups is 2. The lowest BCUT2D eigenvalue weighted by molar-refractivity contribution is 0.102. The number of rotatable bonds is 7. The lowest BCUT2D eigenvalue weighted by atomic mass is 10.1. The summed E-state index contributed by atoms with van der Waals surface area (Å²) in [6, 6.07) is 14.0. The van der Waals surface area contributed by atoms with Crippen LogP contribution >= 0.6 is 0 Å². The van der Waals surface area contributed by atoms with Crippen molar-refractivity contribution in [2.24, 2.45) is 0 Å². The summed E-state index contributed by atoms with van der Waals surface area (Å²) in [5, 5.41) is 22.8. The molecule has 2 N–H and O–H groups in total. The van der Waals surface area contributed by atoms with Gasteiger partial charge in [0.25, 0.3) is 0 Å². The van der Waals surface area contributed by atoms with Crippen molar-refractivity contribution in [1.29, 1.82) is 0 Å². The van der Waals surface area contributed by atoms with E-state index in [9.17, 15) is 14.7 Å². The van der Waals surface area contributed by atoms with Gasteiger partial charge >= 0.3 is 0 Å². The van der Waals surface area contributed by atoms with E-state index in [-0.39, 0.29) is 17.2 Å². The van der Waals surface area contributed by atoms with Crippen LogP contribution in [0.1, 0.15) is 37.8 Å². The largest absolute Gasteiger partial charge is 0.504 e. The van der Waals surface area contributed by atoms with E-state index < -0.39 is 11.5 Å². The van der Waals surface area contributed by atoms with Gasteiger partial charge in [-0.2, -0.15) is 5.21 Å². The first-order chi connectivity index (χ1) is 14.6. The average molecular weight is 400 g/mol. The highest BCUT2D eigenvalue weighted by Crippen LogP contribution is 2.18. The molecule has 3 heterocycles. The zero-order valence-corrected chi connectivity index (χ0v) is 15.6. The fourth-order valence-electron chi connectivity index (χ4n) is 2.93. The molecule has 4 rings (SSSR count). The molecule has 0 aliphatic carbocycles. The molecule has 0 aliphatic rings. The monoisotopic (exact) mass is 400 g/mol. The Kier molecular flexibility index (Phi) is 5.25. The Labute approximate surface area is 170 Å². The van der Waals surface area contributed by atoms with Crippen molar-refractivity contribution in [1.82, 2.24) is 30.2 Å². The predicted molar refractivity (Wildman–Crippen MR) is 107 cm³/mol. The third-order valence-corrected chi connectivity index (χ3v) is 4.39. The first-order valence-corrected chi connectivity index (χ1v) is 8.99. The average Bonchev–Trinajstić information content (AvgIpc) is 3.45. The minimum atomic E-state index is -0.493. The molecule has 9 heteroatoms. The molecule has 1 aromatic carbocycles. The van der Waals surface area contributed by atoms with Crippen LogP contribution in [0, 0.1) is 0 Å². The Bertz CT molecular complexity index is 1200. The third-order valence-electron chi connectivity index (χ3n) is 4.39. The molecular formula is C21H16N6O3. The number of ketones is 2. The molecule has 30 heavy (non-hydrogen) atoms. The topological polar surface area (TPSA) is 127 Å². The molecular weight excluding hydrogens is 384 g/mol.